The predicted molar refractivity (Wildman–Crippen MR) is 217 cm³/mol. The molecule has 0 aliphatic rings. The number of carbonyl (C=O) groups excluding carboxylic acids is 2. The fraction of sp³-hybridized carbons (Fsp3) is 0.659. The number of likely N-dealkylation sites (N-methyl/N-ethyl adjacent to an activating group) is 1. The molecule has 2 amide bonds. The summed E-state index contributed by atoms with van der Waals surface area (Å²) in [6.45, 7) is 7.25. The molecule has 0 saturated heterocycles. The van der Waals surface area contributed by atoms with Crippen molar-refractivity contribution in [3.05, 3.63) is 72.9 Å². The van der Waals surface area contributed by atoms with Crippen molar-refractivity contribution in [3.63, 3.8) is 0 Å². The number of quaternary nitrogens is 1. The van der Waals surface area contributed by atoms with Gasteiger partial charge in [0.2, 0.25) is 11.8 Å². The van der Waals surface area contributed by atoms with Crippen molar-refractivity contribution in [2.45, 2.75) is 104 Å². The Morgan fingerprint density at radius 1 is 0.792 bits per heavy atom. The van der Waals surface area contributed by atoms with Gasteiger partial charge in [-0.15, -0.1) is 0 Å². The summed E-state index contributed by atoms with van der Waals surface area (Å²) < 4.78 is 35.2. The summed E-state index contributed by atoms with van der Waals surface area (Å²) in [6.07, 6.45) is 34.2. The highest BCUT2D eigenvalue weighted by molar-refractivity contribution is 7.48. The quantitative estimate of drug-likeness (QED) is 0.0267. The molecule has 0 heterocycles. The number of aliphatic hydroxyl groups excluding tert-OH is 1. The lowest BCUT2D eigenvalue weighted by molar-refractivity contribution is -0.870. The number of hydrogen-bond donors (Lipinski definition) is 3. The molecule has 0 aliphatic carbocycles. The Bertz CT molecular complexity index is 1170. The number of nitrogens with zero attached hydrogens (tertiary/aromatic N) is 1. The molecule has 0 rings (SSSR count). The molecule has 0 fully saturated rings. The first kappa shape index (κ1) is 50.4. The van der Waals surface area contributed by atoms with E-state index in [0.717, 1.165) is 51.4 Å². The number of nitrogens with one attached hydrogen (secondary N) is 2. The molecule has 0 aliphatic heterocycles. The van der Waals surface area contributed by atoms with Gasteiger partial charge >= 0.3 is 7.82 Å². The largest absolute Gasteiger partial charge is 0.474 e. The van der Waals surface area contributed by atoms with Crippen LogP contribution in [0.2, 0.25) is 0 Å². The summed E-state index contributed by atoms with van der Waals surface area (Å²) in [5, 5.41) is 15.2. The molecule has 0 spiro atoms. The number of hydrogen-bond acceptors (Lipinski definition) is 8. The second kappa shape index (κ2) is 32.8. The maximum Gasteiger partial charge on any atom is 0.474 e. The Balaban J connectivity index is 4.81. The molecular weight excluding hydrogens is 693 g/mol. The van der Waals surface area contributed by atoms with Gasteiger partial charge in [-0.3, -0.25) is 23.2 Å². The molecule has 0 aromatic heterocycles. The molecule has 304 valence electrons. The summed E-state index contributed by atoms with van der Waals surface area (Å²) in [5.41, 5.74) is 0. The van der Waals surface area contributed by atoms with Gasteiger partial charge < -0.3 is 25.0 Å². The first-order valence-corrected chi connectivity index (χ1v) is 20.8. The third kappa shape index (κ3) is 32.5. The maximum absolute atomic E-state index is 13.1. The summed E-state index contributed by atoms with van der Waals surface area (Å²) in [7, 11) is 3.19. The molecule has 3 N–H and O–H groups in total. The van der Waals surface area contributed by atoms with Crippen molar-refractivity contribution in [1.29, 1.82) is 0 Å². The van der Waals surface area contributed by atoms with Crippen LogP contribution < -0.4 is 10.6 Å². The molecule has 0 aromatic carbocycles. The van der Waals surface area contributed by atoms with E-state index in [1.165, 1.54) is 7.11 Å². The second-order valence-electron chi connectivity index (χ2n) is 14.1. The van der Waals surface area contributed by atoms with Crippen molar-refractivity contribution in [2.24, 2.45) is 5.92 Å². The van der Waals surface area contributed by atoms with Gasteiger partial charge in [0.25, 0.3) is 0 Å². The average Bonchev–Trinajstić information content (AvgIpc) is 3.11. The van der Waals surface area contributed by atoms with E-state index in [1.807, 2.05) is 47.1 Å². The summed E-state index contributed by atoms with van der Waals surface area (Å²) in [4.78, 5) is 26.0. The van der Waals surface area contributed by atoms with Crippen LogP contribution in [-0.4, -0.2) is 101 Å². The number of aliphatic hydroxyl groups is 1. The van der Waals surface area contributed by atoms with Gasteiger partial charge in [-0.2, -0.15) is 0 Å². The number of phosphoric ester groups is 1. The summed E-state index contributed by atoms with van der Waals surface area (Å²) in [6, 6.07) is -1.09. The summed E-state index contributed by atoms with van der Waals surface area (Å²) >= 11 is 0. The van der Waals surface area contributed by atoms with E-state index in [9.17, 15) is 19.3 Å². The second-order valence-corrected chi connectivity index (χ2v) is 15.8. The molecule has 0 saturated carbocycles. The van der Waals surface area contributed by atoms with E-state index in [-0.39, 0.29) is 44.2 Å². The Kier molecular flexibility index (Phi) is 31.1. The van der Waals surface area contributed by atoms with Gasteiger partial charge in [0, 0.05) is 32.6 Å². The van der Waals surface area contributed by atoms with E-state index >= 15 is 0 Å². The smallest absolute Gasteiger partial charge is 0.396 e. The van der Waals surface area contributed by atoms with Crippen LogP contribution in [0.25, 0.3) is 0 Å². The maximum atomic E-state index is 13.1. The first-order chi connectivity index (χ1) is 25.4. The van der Waals surface area contributed by atoms with Crippen LogP contribution in [0.1, 0.15) is 91.4 Å². The zero-order valence-corrected chi connectivity index (χ0v) is 34.8. The molecule has 2 unspecified atom stereocenters. The minimum atomic E-state index is -3.95. The van der Waals surface area contributed by atoms with E-state index < -0.39 is 19.8 Å². The monoisotopic (exact) mass is 767 g/mol. The van der Waals surface area contributed by atoms with Gasteiger partial charge in [-0.1, -0.05) is 86.3 Å². The molecule has 11 nitrogen and oxygen atoms in total. The SMILES string of the molecule is CC/C=C\C/C=C\C/C=C\C/C=C\C/C=C\C/C=C\CCC(=O)N[C@@H](COP(=O)(OC)OCC[N+](C)(C)C)C(=O)NCCCCC(CO)COC(C)C. The highest BCUT2D eigenvalue weighted by Gasteiger charge is 2.30. The van der Waals surface area contributed by atoms with Gasteiger partial charge in [-0.05, 0) is 71.6 Å². The van der Waals surface area contributed by atoms with E-state index in [2.05, 4.69) is 78.3 Å². The van der Waals surface area contributed by atoms with Crippen molar-refractivity contribution < 1.29 is 42.1 Å². The number of phosphoric acid groups is 1. The number of ether oxygens (including phenoxy) is 1. The zero-order chi connectivity index (χ0) is 39.6. The van der Waals surface area contributed by atoms with Gasteiger partial charge in [0.1, 0.15) is 19.2 Å². The first-order valence-electron chi connectivity index (χ1n) is 19.3. The van der Waals surface area contributed by atoms with Crippen LogP contribution >= 0.6 is 7.82 Å². The number of amides is 2. The standard InChI is InChI=1S/C41H72N3O8P/c1-8-9-10-11-12-13-14-15-16-17-18-19-20-21-22-23-24-25-26-30-40(46)43-39(36-52-53(48,49-7)51-33-32-44(4,5)6)41(47)42-31-28-27-29-38(34-45)35-50-37(2)3/h9-10,12-13,15-16,18-19,21-22,24-25,37-39,45H,8,11,14,17,20,23,26-36H2,1-7H3,(H-,42,43,46,47)/p+1/b10-9-,13-12-,16-15-,19-18-,22-21-,25-24-/t38?,39-,53?/m0/s1. The van der Waals surface area contributed by atoms with E-state index in [4.69, 9.17) is 18.3 Å². The van der Waals surface area contributed by atoms with Gasteiger partial charge in [0.15, 0.2) is 0 Å². The molecule has 0 bridgehead atoms. The van der Waals surface area contributed by atoms with Crippen molar-refractivity contribution in [1.82, 2.24) is 10.6 Å². The van der Waals surface area contributed by atoms with Crippen molar-refractivity contribution in [3.8, 4) is 0 Å². The minimum absolute atomic E-state index is 0.0370. The van der Waals surface area contributed by atoms with Gasteiger partial charge in [0.05, 0.1) is 40.5 Å². The normalized spacial score (nSPS) is 15.2. The van der Waals surface area contributed by atoms with Crippen LogP contribution in [0.4, 0.5) is 0 Å². The number of allylic oxidation sites excluding steroid dienone is 12. The molecule has 0 aromatic rings. The van der Waals surface area contributed by atoms with Crippen LogP contribution in [0.5, 0.6) is 0 Å². The van der Waals surface area contributed by atoms with Crippen molar-refractivity contribution in [2.75, 3.05) is 67.8 Å². The lowest BCUT2D eigenvalue weighted by atomic mass is 10.0. The lowest BCUT2D eigenvalue weighted by Gasteiger charge is -2.25. The molecular formula is C41H73N3O8P+. The minimum Gasteiger partial charge on any atom is -0.396 e. The highest BCUT2D eigenvalue weighted by Crippen LogP contribution is 2.48. The zero-order valence-electron chi connectivity index (χ0n) is 33.9. The molecule has 53 heavy (non-hydrogen) atoms. The van der Waals surface area contributed by atoms with E-state index in [0.29, 0.717) is 37.0 Å². The van der Waals surface area contributed by atoms with Crippen molar-refractivity contribution >= 4 is 19.6 Å². The van der Waals surface area contributed by atoms with Crippen LogP contribution in [0, 0.1) is 5.92 Å². The highest BCUT2D eigenvalue weighted by atomic mass is 31.2. The fourth-order valence-electron chi connectivity index (χ4n) is 4.49. The Labute approximate surface area is 321 Å². The molecule has 3 atom stereocenters. The van der Waals surface area contributed by atoms with E-state index in [1.54, 1.807) is 0 Å². The van der Waals surface area contributed by atoms with Crippen LogP contribution in [0.3, 0.4) is 0 Å². The van der Waals surface area contributed by atoms with Crippen LogP contribution in [0.15, 0.2) is 72.9 Å². The lowest BCUT2D eigenvalue weighted by Crippen LogP contribution is -2.49. The number of carbonyl (C=O) groups is 2. The third-order valence-electron chi connectivity index (χ3n) is 7.68. The average molecular weight is 767 g/mol. The Morgan fingerprint density at radius 3 is 1.83 bits per heavy atom. The fourth-order valence-corrected chi connectivity index (χ4v) is 5.41. The number of rotatable bonds is 33. The number of unbranched alkanes of at least 4 members (excludes halogenated alkanes) is 1. The van der Waals surface area contributed by atoms with Crippen LogP contribution in [-0.2, 0) is 32.5 Å². The molecule has 12 heteroatoms. The Hall–Kier alpha value is -2.63. The predicted octanol–water partition coefficient (Wildman–Crippen LogP) is 7.76. The topological polar surface area (TPSA) is 132 Å². The van der Waals surface area contributed by atoms with Gasteiger partial charge in [-0.25, -0.2) is 4.57 Å². The Morgan fingerprint density at radius 2 is 1.34 bits per heavy atom. The molecule has 0 radical (unpaired) electrons. The third-order valence-corrected chi connectivity index (χ3v) is 9.09. The summed E-state index contributed by atoms with van der Waals surface area (Å²) in [5.74, 6) is -0.750.